The highest BCUT2D eigenvalue weighted by Crippen LogP contribution is 2.15. The molecule has 0 spiro atoms. The number of anilines is 2. The van der Waals surface area contributed by atoms with Crippen molar-refractivity contribution in [1.29, 1.82) is 0 Å². The average molecular weight is 332 g/mol. The average Bonchev–Trinajstić information content (AvgIpc) is 2.66. The fourth-order valence-corrected chi connectivity index (χ4v) is 2.53. The van der Waals surface area contributed by atoms with Crippen LogP contribution in [0.5, 0.6) is 0 Å². The van der Waals surface area contributed by atoms with Crippen LogP contribution in [0.15, 0.2) is 67.0 Å². The summed E-state index contributed by atoms with van der Waals surface area (Å²) in [5.41, 5.74) is 3.55. The van der Waals surface area contributed by atoms with E-state index in [1.54, 1.807) is 18.0 Å². The number of benzene rings is 2. The Morgan fingerprint density at radius 2 is 1.84 bits per heavy atom. The maximum absolute atomic E-state index is 12.6. The summed E-state index contributed by atoms with van der Waals surface area (Å²) in [5, 5.41) is 3.24. The quantitative estimate of drug-likeness (QED) is 0.774. The van der Waals surface area contributed by atoms with E-state index in [0.717, 1.165) is 11.3 Å². The van der Waals surface area contributed by atoms with Crippen molar-refractivity contribution in [3.63, 3.8) is 0 Å². The largest absolute Gasteiger partial charge is 0.366 e. The number of nitrogens with one attached hydrogen (secondary N) is 1. The van der Waals surface area contributed by atoms with Gasteiger partial charge in [-0.3, -0.25) is 4.79 Å². The molecular formula is C20H20N4O. The number of hydrogen-bond acceptors (Lipinski definition) is 4. The molecular weight excluding hydrogens is 312 g/mol. The zero-order valence-corrected chi connectivity index (χ0v) is 14.3. The second kappa shape index (κ2) is 7.57. The van der Waals surface area contributed by atoms with Crippen molar-refractivity contribution in [2.24, 2.45) is 0 Å². The minimum Gasteiger partial charge on any atom is -0.366 e. The number of carbonyl (C=O) groups is 1. The van der Waals surface area contributed by atoms with Crippen LogP contribution in [0.1, 0.15) is 21.6 Å². The molecule has 5 heteroatoms. The number of rotatable bonds is 5. The summed E-state index contributed by atoms with van der Waals surface area (Å²) < 4.78 is 0. The first-order valence-electron chi connectivity index (χ1n) is 8.08. The summed E-state index contributed by atoms with van der Waals surface area (Å²) in [6.45, 7) is 2.70. The van der Waals surface area contributed by atoms with Gasteiger partial charge >= 0.3 is 0 Å². The molecule has 1 aromatic heterocycles. The van der Waals surface area contributed by atoms with Crippen LogP contribution in [0.25, 0.3) is 0 Å². The van der Waals surface area contributed by atoms with Crippen LogP contribution in [0.3, 0.4) is 0 Å². The first-order valence-corrected chi connectivity index (χ1v) is 8.08. The standard InChI is InChI=1S/C20H20N4O/c1-15-7-6-8-16(11-15)13-21-19-12-18(22-14-23-19)20(25)24(2)17-9-4-3-5-10-17/h3-12,14H,13H2,1-2H3,(H,21,22,23). The van der Waals surface area contributed by atoms with Gasteiger partial charge < -0.3 is 10.2 Å². The zero-order valence-electron chi connectivity index (χ0n) is 14.3. The zero-order chi connectivity index (χ0) is 17.6. The molecule has 0 aliphatic rings. The highest BCUT2D eigenvalue weighted by atomic mass is 16.2. The van der Waals surface area contributed by atoms with Crippen molar-refractivity contribution >= 4 is 17.4 Å². The molecule has 3 aromatic rings. The Bertz CT molecular complexity index is 864. The predicted octanol–water partition coefficient (Wildman–Crippen LogP) is 3.67. The summed E-state index contributed by atoms with van der Waals surface area (Å²) in [4.78, 5) is 22.5. The second-order valence-electron chi connectivity index (χ2n) is 5.83. The van der Waals surface area contributed by atoms with Gasteiger partial charge in [0.05, 0.1) is 0 Å². The molecule has 5 nitrogen and oxygen atoms in total. The van der Waals surface area contributed by atoms with E-state index in [2.05, 4.69) is 40.4 Å². The lowest BCUT2D eigenvalue weighted by Gasteiger charge is -2.17. The molecule has 1 heterocycles. The predicted molar refractivity (Wildman–Crippen MR) is 99.7 cm³/mol. The van der Waals surface area contributed by atoms with E-state index in [9.17, 15) is 4.79 Å². The summed E-state index contributed by atoms with van der Waals surface area (Å²) in [7, 11) is 1.74. The molecule has 0 saturated carbocycles. The van der Waals surface area contributed by atoms with Crippen molar-refractivity contribution in [2.75, 3.05) is 17.3 Å². The molecule has 0 saturated heterocycles. The monoisotopic (exact) mass is 332 g/mol. The number of hydrogen-bond donors (Lipinski definition) is 1. The van der Waals surface area contributed by atoms with Crippen LogP contribution in [-0.2, 0) is 6.54 Å². The number of aryl methyl sites for hydroxylation is 1. The summed E-state index contributed by atoms with van der Waals surface area (Å²) >= 11 is 0. The van der Waals surface area contributed by atoms with Gasteiger partial charge in [-0.05, 0) is 24.6 Å². The molecule has 0 aliphatic carbocycles. The summed E-state index contributed by atoms with van der Waals surface area (Å²) in [5.74, 6) is 0.452. The summed E-state index contributed by atoms with van der Waals surface area (Å²) in [6, 6.07) is 19.4. The van der Waals surface area contributed by atoms with Crippen molar-refractivity contribution in [1.82, 2.24) is 9.97 Å². The van der Waals surface area contributed by atoms with Gasteiger partial charge in [0, 0.05) is 25.3 Å². The number of nitrogens with zero attached hydrogens (tertiary/aromatic N) is 3. The fourth-order valence-electron chi connectivity index (χ4n) is 2.53. The minimum atomic E-state index is -0.174. The Morgan fingerprint density at radius 1 is 1.04 bits per heavy atom. The number of amides is 1. The van der Waals surface area contributed by atoms with E-state index in [4.69, 9.17) is 0 Å². The molecule has 3 rings (SSSR count). The van der Waals surface area contributed by atoms with Crippen molar-refractivity contribution in [3.8, 4) is 0 Å². The topological polar surface area (TPSA) is 58.1 Å². The molecule has 0 fully saturated rings. The van der Waals surface area contributed by atoms with Gasteiger partial charge in [-0.15, -0.1) is 0 Å². The van der Waals surface area contributed by atoms with E-state index >= 15 is 0 Å². The number of aromatic nitrogens is 2. The Labute approximate surface area is 147 Å². The second-order valence-corrected chi connectivity index (χ2v) is 5.83. The van der Waals surface area contributed by atoms with E-state index in [0.29, 0.717) is 18.1 Å². The highest BCUT2D eigenvalue weighted by Gasteiger charge is 2.15. The van der Waals surface area contributed by atoms with E-state index in [-0.39, 0.29) is 5.91 Å². The van der Waals surface area contributed by atoms with Gasteiger partial charge in [-0.1, -0.05) is 48.0 Å². The lowest BCUT2D eigenvalue weighted by Crippen LogP contribution is -2.27. The Hall–Kier alpha value is -3.21. The molecule has 0 bridgehead atoms. The van der Waals surface area contributed by atoms with Gasteiger partial charge in [-0.2, -0.15) is 0 Å². The van der Waals surface area contributed by atoms with Gasteiger partial charge in [0.25, 0.3) is 5.91 Å². The molecule has 0 unspecified atom stereocenters. The van der Waals surface area contributed by atoms with Crippen LogP contribution >= 0.6 is 0 Å². The van der Waals surface area contributed by atoms with Crippen LogP contribution in [-0.4, -0.2) is 22.9 Å². The SMILES string of the molecule is Cc1cccc(CNc2cc(C(=O)N(C)c3ccccc3)ncn2)c1. The first-order chi connectivity index (χ1) is 12.1. The normalized spacial score (nSPS) is 10.3. The van der Waals surface area contributed by atoms with Gasteiger partial charge in [0.15, 0.2) is 0 Å². The maximum atomic E-state index is 12.6. The van der Waals surface area contributed by atoms with E-state index in [1.807, 2.05) is 36.4 Å². The summed E-state index contributed by atoms with van der Waals surface area (Å²) in [6.07, 6.45) is 1.41. The van der Waals surface area contributed by atoms with Crippen molar-refractivity contribution in [3.05, 3.63) is 83.8 Å². The molecule has 126 valence electrons. The van der Waals surface area contributed by atoms with E-state index in [1.165, 1.54) is 11.9 Å². The smallest absolute Gasteiger partial charge is 0.276 e. The molecule has 0 radical (unpaired) electrons. The van der Waals surface area contributed by atoms with Crippen molar-refractivity contribution < 1.29 is 4.79 Å². The van der Waals surface area contributed by atoms with Crippen LogP contribution in [0.2, 0.25) is 0 Å². The third kappa shape index (κ3) is 4.20. The Morgan fingerprint density at radius 3 is 2.60 bits per heavy atom. The minimum absolute atomic E-state index is 0.174. The van der Waals surface area contributed by atoms with Crippen LogP contribution in [0.4, 0.5) is 11.5 Å². The molecule has 2 aromatic carbocycles. The number of carbonyl (C=O) groups excluding carboxylic acids is 1. The first kappa shape index (κ1) is 16.6. The maximum Gasteiger partial charge on any atom is 0.276 e. The van der Waals surface area contributed by atoms with Gasteiger partial charge in [-0.25, -0.2) is 9.97 Å². The number of para-hydroxylation sites is 1. The lowest BCUT2D eigenvalue weighted by atomic mass is 10.1. The Balaban J connectivity index is 1.71. The van der Waals surface area contributed by atoms with Crippen LogP contribution < -0.4 is 10.2 Å². The van der Waals surface area contributed by atoms with Crippen LogP contribution in [0, 0.1) is 6.92 Å². The Kier molecular flexibility index (Phi) is 5.04. The highest BCUT2D eigenvalue weighted by molar-refractivity contribution is 6.04. The fraction of sp³-hybridized carbons (Fsp3) is 0.150. The third-order valence-corrected chi connectivity index (χ3v) is 3.89. The van der Waals surface area contributed by atoms with Crippen molar-refractivity contribution in [2.45, 2.75) is 13.5 Å². The van der Waals surface area contributed by atoms with Gasteiger partial charge in [0.2, 0.25) is 0 Å². The molecule has 25 heavy (non-hydrogen) atoms. The third-order valence-electron chi connectivity index (χ3n) is 3.89. The molecule has 1 amide bonds. The molecule has 1 N–H and O–H groups in total. The molecule has 0 atom stereocenters. The van der Waals surface area contributed by atoms with Gasteiger partial charge in [0.1, 0.15) is 17.8 Å². The molecule has 0 aliphatic heterocycles. The lowest BCUT2D eigenvalue weighted by molar-refractivity contribution is 0.0988. The van der Waals surface area contributed by atoms with E-state index < -0.39 is 0 Å².